The first-order chi connectivity index (χ1) is 16.8. The van der Waals surface area contributed by atoms with Crippen molar-refractivity contribution in [3.8, 4) is 6.07 Å². The van der Waals surface area contributed by atoms with Gasteiger partial charge in [-0.15, -0.1) is 0 Å². The lowest BCUT2D eigenvalue weighted by atomic mass is 9.85. The third kappa shape index (κ3) is 4.01. The van der Waals surface area contributed by atoms with E-state index < -0.39 is 43.8 Å². The van der Waals surface area contributed by atoms with E-state index in [9.17, 15) is 19.2 Å². The average molecular weight is 514 g/mol. The van der Waals surface area contributed by atoms with Gasteiger partial charge in [0.1, 0.15) is 17.2 Å². The number of benzene rings is 2. The molecule has 2 aromatic rings. The van der Waals surface area contributed by atoms with E-state index in [1.54, 1.807) is 45.9 Å². The number of aliphatic imine (C=N–C) groups is 1. The van der Waals surface area contributed by atoms with Gasteiger partial charge in [0.05, 0.1) is 21.6 Å². The fourth-order valence-electron chi connectivity index (χ4n) is 5.04. The van der Waals surface area contributed by atoms with Gasteiger partial charge < -0.3 is 15.0 Å². The maximum Gasteiger partial charge on any atom is 0.410 e. The topological polar surface area (TPSA) is 147 Å². The summed E-state index contributed by atoms with van der Waals surface area (Å²) in [5.41, 5.74) is 0.571. The number of amides is 2. The minimum atomic E-state index is -2.67. The first kappa shape index (κ1) is 25.6. The maximum absolute atomic E-state index is 15.3. The SMILES string of the molecule is Cc1cc(C#N)ccc1C(=O)Nc1ccc(F)c([C@@]2(C)N=C(NC(=O)O)C(C)(C)S3(O)NCC[C@@H]23)c1. The molecule has 0 aliphatic carbocycles. The molecule has 1 saturated heterocycles. The van der Waals surface area contributed by atoms with Gasteiger partial charge >= 0.3 is 6.09 Å². The zero-order chi connectivity index (χ0) is 26.5. The van der Waals surface area contributed by atoms with Crippen molar-refractivity contribution in [1.82, 2.24) is 10.0 Å². The van der Waals surface area contributed by atoms with Crippen LogP contribution in [0.3, 0.4) is 0 Å². The number of carbonyl (C=O) groups excluding carboxylic acids is 1. The number of nitrogens with one attached hydrogen (secondary N) is 3. The van der Waals surface area contributed by atoms with Gasteiger partial charge in [0, 0.05) is 23.4 Å². The van der Waals surface area contributed by atoms with Crippen molar-refractivity contribution in [1.29, 1.82) is 5.26 Å². The van der Waals surface area contributed by atoms with Gasteiger partial charge in [-0.05, 0) is 76.1 Å². The third-order valence-electron chi connectivity index (χ3n) is 7.05. The summed E-state index contributed by atoms with van der Waals surface area (Å²) in [5.74, 6) is -0.967. The number of hydrogen-bond donors (Lipinski definition) is 5. The monoisotopic (exact) mass is 513 g/mol. The van der Waals surface area contributed by atoms with Crippen molar-refractivity contribution < 1.29 is 23.6 Å². The number of aryl methyl sites for hydroxylation is 1. The summed E-state index contributed by atoms with van der Waals surface area (Å²) >= 11 is 0. The zero-order valence-electron chi connectivity index (χ0n) is 20.3. The third-order valence-corrected chi connectivity index (χ3v) is 11.0. The summed E-state index contributed by atoms with van der Waals surface area (Å²) in [4.78, 5) is 29.2. The van der Waals surface area contributed by atoms with E-state index in [1.807, 2.05) is 6.07 Å². The van der Waals surface area contributed by atoms with Crippen molar-refractivity contribution in [3.05, 3.63) is 64.5 Å². The Kier molecular flexibility index (Phi) is 6.33. The summed E-state index contributed by atoms with van der Waals surface area (Å²) in [6.45, 7) is 7.31. The number of nitrogens with zero attached hydrogens (tertiary/aromatic N) is 2. The molecule has 4 rings (SSSR count). The molecule has 5 N–H and O–H groups in total. The molecule has 0 radical (unpaired) electrons. The van der Waals surface area contributed by atoms with E-state index in [2.05, 4.69) is 15.4 Å². The standard InChI is InChI=1S/C25H28FN5O4S/c1-14-11-15(13-27)5-7-17(14)21(32)29-16-6-8-19(26)18(12-16)25(4)20-9-10-28-36(20,35)24(2,3)22(31-25)30-23(33)34/h5-8,11-12,20,28,35H,9-10H2,1-4H3,(H,29,32)(H,30,31)(H,33,34)/t20-,25+/m0/s1. The Morgan fingerprint density at radius 3 is 2.58 bits per heavy atom. The molecule has 2 aliphatic heterocycles. The highest BCUT2D eigenvalue weighted by molar-refractivity contribution is 8.29. The second-order valence-electron chi connectivity index (χ2n) is 9.64. The number of hydrogen-bond acceptors (Lipinski definition) is 6. The van der Waals surface area contributed by atoms with Crippen LogP contribution < -0.4 is 15.4 Å². The van der Waals surface area contributed by atoms with Gasteiger partial charge in [-0.3, -0.25) is 19.8 Å². The predicted molar refractivity (Wildman–Crippen MR) is 137 cm³/mol. The van der Waals surface area contributed by atoms with Gasteiger partial charge in [-0.1, -0.05) is 10.5 Å². The second kappa shape index (κ2) is 8.89. The molecule has 1 unspecified atom stereocenters. The molecule has 1 fully saturated rings. The molecular formula is C25H28FN5O4S. The number of nitriles is 1. The highest BCUT2D eigenvalue weighted by Gasteiger charge is 2.61. The summed E-state index contributed by atoms with van der Waals surface area (Å²) in [7, 11) is -2.67. The van der Waals surface area contributed by atoms with Crippen LogP contribution in [0.2, 0.25) is 0 Å². The van der Waals surface area contributed by atoms with Crippen LogP contribution >= 0.6 is 10.5 Å². The normalized spacial score (nSPS) is 28.1. The number of anilines is 1. The van der Waals surface area contributed by atoms with E-state index in [0.29, 0.717) is 35.3 Å². The predicted octanol–water partition coefficient (Wildman–Crippen LogP) is 4.49. The molecule has 2 aliphatic rings. The van der Waals surface area contributed by atoms with Gasteiger partial charge in [-0.2, -0.15) is 5.26 Å². The number of amidine groups is 1. The van der Waals surface area contributed by atoms with Crippen LogP contribution in [-0.2, 0) is 5.54 Å². The molecule has 0 aromatic heterocycles. The Bertz CT molecular complexity index is 1340. The molecular weight excluding hydrogens is 485 g/mol. The molecule has 3 atom stereocenters. The van der Waals surface area contributed by atoms with Crippen LogP contribution in [0.1, 0.15) is 54.2 Å². The van der Waals surface area contributed by atoms with Gasteiger partial charge in [-0.25, -0.2) is 9.18 Å². The zero-order valence-corrected chi connectivity index (χ0v) is 21.2. The van der Waals surface area contributed by atoms with E-state index in [1.165, 1.54) is 18.2 Å². The Labute approximate surface area is 210 Å². The molecule has 11 heteroatoms. The first-order valence-electron chi connectivity index (χ1n) is 11.3. The highest BCUT2D eigenvalue weighted by Crippen LogP contribution is 2.67. The minimum absolute atomic E-state index is 0.0442. The lowest BCUT2D eigenvalue weighted by Gasteiger charge is -2.56. The van der Waals surface area contributed by atoms with E-state index in [0.717, 1.165) is 0 Å². The Balaban J connectivity index is 1.77. The number of fused-ring (bicyclic) bond motifs is 1. The van der Waals surface area contributed by atoms with Crippen molar-refractivity contribution >= 4 is 34.0 Å². The number of carboxylic acid groups (broad SMARTS) is 1. The van der Waals surface area contributed by atoms with Crippen LogP contribution in [0, 0.1) is 24.1 Å². The average Bonchev–Trinajstić information content (AvgIpc) is 3.23. The summed E-state index contributed by atoms with van der Waals surface area (Å²) in [6.07, 6.45) is -0.821. The Morgan fingerprint density at radius 2 is 1.94 bits per heavy atom. The Morgan fingerprint density at radius 1 is 1.22 bits per heavy atom. The molecule has 0 saturated carbocycles. The number of halogens is 1. The van der Waals surface area contributed by atoms with Crippen molar-refractivity contribution in [2.24, 2.45) is 4.99 Å². The summed E-state index contributed by atoms with van der Waals surface area (Å²) < 4.78 is 29.3. The lowest BCUT2D eigenvalue weighted by Crippen LogP contribution is -2.59. The number of rotatable bonds is 3. The van der Waals surface area contributed by atoms with Crippen molar-refractivity contribution in [2.75, 3.05) is 11.9 Å². The minimum Gasteiger partial charge on any atom is -0.465 e. The van der Waals surface area contributed by atoms with Crippen LogP contribution in [0.4, 0.5) is 14.9 Å². The summed E-state index contributed by atoms with van der Waals surface area (Å²) in [5, 5.41) is 23.0. The molecule has 2 aromatic carbocycles. The van der Waals surface area contributed by atoms with E-state index in [-0.39, 0.29) is 11.4 Å². The first-order valence-corrected chi connectivity index (χ1v) is 13.0. The molecule has 0 bridgehead atoms. The Hall–Kier alpha value is -3.46. The molecule has 2 amide bonds. The van der Waals surface area contributed by atoms with E-state index in [4.69, 9.17) is 10.3 Å². The second-order valence-corrected chi connectivity index (χ2v) is 12.8. The van der Waals surface area contributed by atoms with Gasteiger partial charge in [0.2, 0.25) is 0 Å². The molecule has 0 spiro atoms. The highest BCUT2D eigenvalue weighted by atomic mass is 32.3. The van der Waals surface area contributed by atoms with Crippen LogP contribution in [-0.4, -0.2) is 44.0 Å². The largest absolute Gasteiger partial charge is 0.465 e. The number of carbonyl (C=O) groups is 2. The van der Waals surface area contributed by atoms with Gasteiger partial charge in [0.25, 0.3) is 5.91 Å². The maximum atomic E-state index is 15.3. The fourth-order valence-corrected chi connectivity index (χ4v) is 8.44. The molecule has 2 heterocycles. The quantitative estimate of drug-likeness (QED) is 0.409. The lowest BCUT2D eigenvalue weighted by molar-refractivity contribution is 0.102. The van der Waals surface area contributed by atoms with Crippen molar-refractivity contribution in [2.45, 2.75) is 49.7 Å². The molecule has 190 valence electrons. The van der Waals surface area contributed by atoms with Gasteiger partial charge in [0.15, 0.2) is 0 Å². The summed E-state index contributed by atoms with van der Waals surface area (Å²) in [6, 6.07) is 10.9. The van der Waals surface area contributed by atoms with Crippen molar-refractivity contribution in [3.63, 3.8) is 0 Å². The molecule has 9 nitrogen and oxygen atoms in total. The van der Waals surface area contributed by atoms with Crippen LogP contribution in [0.5, 0.6) is 0 Å². The fraction of sp³-hybridized carbons (Fsp3) is 0.360. The van der Waals surface area contributed by atoms with Crippen LogP contribution in [0.15, 0.2) is 41.4 Å². The molecule has 36 heavy (non-hydrogen) atoms. The smallest absolute Gasteiger partial charge is 0.410 e. The van der Waals surface area contributed by atoms with Crippen LogP contribution in [0.25, 0.3) is 0 Å². The van der Waals surface area contributed by atoms with E-state index >= 15 is 4.39 Å².